The first-order valence-corrected chi connectivity index (χ1v) is 8.60. The second-order valence-electron chi connectivity index (χ2n) is 6.42. The normalized spacial score (nSPS) is 11.3. The van der Waals surface area contributed by atoms with Crippen molar-refractivity contribution in [3.8, 4) is 11.1 Å². The summed E-state index contributed by atoms with van der Waals surface area (Å²) in [5.74, 6) is 0. The number of H-pyrrole nitrogens is 1. The van der Waals surface area contributed by atoms with E-state index >= 15 is 0 Å². The Morgan fingerprint density at radius 3 is 2.85 bits per heavy atom. The predicted molar refractivity (Wildman–Crippen MR) is 104 cm³/mol. The van der Waals surface area contributed by atoms with Crippen LogP contribution in [0, 0.1) is 0 Å². The molecule has 3 heterocycles. The van der Waals surface area contributed by atoms with Crippen LogP contribution in [0.15, 0.2) is 78.1 Å². The standard InChI is InChI=1S/C21H15N5O/c27-21-12-23-19-11-22-7-6-20(19)26(21)13-14-2-1-3-15(8-14)16-4-5-17-10-24-25-18(17)9-16/h1-12H,13H2,(H,24,25). The zero-order chi connectivity index (χ0) is 18.2. The van der Waals surface area contributed by atoms with Crippen LogP contribution in [-0.2, 0) is 6.54 Å². The van der Waals surface area contributed by atoms with Gasteiger partial charge in [0.25, 0.3) is 5.56 Å². The smallest absolute Gasteiger partial charge is 0.269 e. The lowest BCUT2D eigenvalue weighted by atomic mass is 10.0. The van der Waals surface area contributed by atoms with Crippen molar-refractivity contribution in [1.82, 2.24) is 24.7 Å². The van der Waals surface area contributed by atoms with Gasteiger partial charge in [0.1, 0.15) is 5.52 Å². The number of benzene rings is 2. The third kappa shape index (κ3) is 2.77. The third-order valence-corrected chi connectivity index (χ3v) is 4.69. The van der Waals surface area contributed by atoms with E-state index in [9.17, 15) is 4.79 Å². The van der Waals surface area contributed by atoms with Crippen molar-refractivity contribution in [2.45, 2.75) is 6.54 Å². The molecule has 0 saturated heterocycles. The predicted octanol–water partition coefficient (Wildman–Crippen LogP) is 3.38. The Morgan fingerprint density at radius 2 is 1.89 bits per heavy atom. The first kappa shape index (κ1) is 15.5. The van der Waals surface area contributed by atoms with Crippen molar-refractivity contribution in [2.75, 3.05) is 0 Å². The summed E-state index contributed by atoms with van der Waals surface area (Å²) in [5.41, 5.74) is 5.60. The molecule has 0 bridgehead atoms. The number of nitrogens with one attached hydrogen (secondary N) is 1. The molecule has 1 N–H and O–H groups in total. The second-order valence-corrected chi connectivity index (χ2v) is 6.42. The molecule has 0 unspecified atom stereocenters. The molecule has 5 aromatic rings. The van der Waals surface area contributed by atoms with E-state index in [2.05, 4.69) is 50.5 Å². The van der Waals surface area contributed by atoms with Crippen LogP contribution in [0.25, 0.3) is 33.1 Å². The second kappa shape index (κ2) is 6.17. The Labute approximate surface area is 154 Å². The highest BCUT2D eigenvalue weighted by Crippen LogP contribution is 2.24. The third-order valence-electron chi connectivity index (χ3n) is 4.69. The summed E-state index contributed by atoms with van der Waals surface area (Å²) in [6.45, 7) is 0.474. The molecule has 2 aromatic carbocycles. The fourth-order valence-corrected chi connectivity index (χ4v) is 3.33. The van der Waals surface area contributed by atoms with E-state index in [0.29, 0.717) is 12.1 Å². The number of hydrogen-bond acceptors (Lipinski definition) is 4. The highest BCUT2D eigenvalue weighted by atomic mass is 16.1. The number of aromatic nitrogens is 5. The molecular formula is C21H15N5O. The number of pyridine rings is 1. The van der Waals surface area contributed by atoms with Gasteiger partial charge in [0.2, 0.25) is 0 Å². The minimum Gasteiger partial charge on any atom is -0.301 e. The van der Waals surface area contributed by atoms with E-state index in [1.165, 1.54) is 6.20 Å². The average Bonchev–Trinajstić information content (AvgIpc) is 3.18. The van der Waals surface area contributed by atoms with Crippen molar-refractivity contribution in [2.24, 2.45) is 0 Å². The number of aromatic amines is 1. The van der Waals surface area contributed by atoms with E-state index < -0.39 is 0 Å². The fourth-order valence-electron chi connectivity index (χ4n) is 3.33. The van der Waals surface area contributed by atoms with E-state index in [1.54, 1.807) is 17.0 Å². The van der Waals surface area contributed by atoms with Gasteiger partial charge in [-0.1, -0.05) is 30.3 Å². The van der Waals surface area contributed by atoms with Crippen molar-refractivity contribution in [3.05, 3.63) is 89.2 Å². The molecular weight excluding hydrogens is 338 g/mol. The maximum absolute atomic E-state index is 12.4. The molecule has 0 atom stereocenters. The van der Waals surface area contributed by atoms with E-state index in [0.717, 1.165) is 33.1 Å². The van der Waals surface area contributed by atoms with Crippen molar-refractivity contribution < 1.29 is 0 Å². The molecule has 0 spiro atoms. The summed E-state index contributed by atoms with van der Waals surface area (Å²) in [6.07, 6.45) is 6.50. The Kier molecular flexibility index (Phi) is 3.53. The summed E-state index contributed by atoms with van der Waals surface area (Å²) in [5, 5.41) is 8.16. The van der Waals surface area contributed by atoms with Crippen LogP contribution in [0.2, 0.25) is 0 Å². The van der Waals surface area contributed by atoms with Gasteiger partial charge in [-0.2, -0.15) is 5.10 Å². The first-order valence-electron chi connectivity index (χ1n) is 8.60. The van der Waals surface area contributed by atoms with Gasteiger partial charge in [0.15, 0.2) is 0 Å². The topological polar surface area (TPSA) is 76.5 Å². The fraction of sp³-hybridized carbons (Fsp3) is 0.0476. The molecule has 0 amide bonds. The van der Waals surface area contributed by atoms with Gasteiger partial charge >= 0.3 is 0 Å². The average molecular weight is 353 g/mol. The van der Waals surface area contributed by atoms with Crippen molar-refractivity contribution >= 4 is 21.9 Å². The van der Waals surface area contributed by atoms with Gasteiger partial charge in [-0.05, 0) is 34.9 Å². The summed E-state index contributed by atoms with van der Waals surface area (Å²) >= 11 is 0. The zero-order valence-corrected chi connectivity index (χ0v) is 14.3. The Bertz CT molecular complexity index is 1340. The Balaban J connectivity index is 1.57. The van der Waals surface area contributed by atoms with Gasteiger partial charge < -0.3 is 4.57 Å². The van der Waals surface area contributed by atoms with Crippen LogP contribution < -0.4 is 5.56 Å². The molecule has 5 rings (SSSR count). The maximum atomic E-state index is 12.4. The van der Waals surface area contributed by atoms with Crippen LogP contribution in [0.1, 0.15) is 5.56 Å². The largest absolute Gasteiger partial charge is 0.301 e. The molecule has 0 aliphatic rings. The Morgan fingerprint density at radius 1 is 0.963 bits per heavy atom. The van der Waals surface area contributed by atoms with Gasteiger partial charge in [0, 0.05) is 11.6 Å². The number of hydrogen-bond donors (Lipinski definition) is 1. The summed E-state index contributed by atoms with van der Waals surface area (Å²) in [4.78, 5) is 20.6. The Hall–Kier alpha value is -3.80. The zero-order valence-electron chi connectivity index (χ0n) is 14.3. The van der Waals surface area contributed by atoms with Crippen LogP contribution in [0.4, 0.5) is 0 Å². The molecule has 0 fully saturated rings. The molecule has 27 heavy (non-hydrogen) atoms. The van der Waals surface area contributed by atoms with Gasteiger partial charge in [-0.15, -0.1) is 0 Å². The van der Waals surface area contributed by atoms with Gasteiger partial charge in [0.05, 0.1) is 36.2 Å². The van der Waals surface area contributed by atoms with Crippen LogP contribution in [0.5, 0.6) is 0 Å². The summed E-state index contributed by atoms with van der Waals surface area (Å²) in [6, 6.07) is 16.2. The van der Waals surface area contributed by atoms with Crippen molar-refractivity contribution in [3.63, 3.8) is 0 Å². The SMILES string of the molecule is O=c1cnc2cnccc2n1Cc1cccc(-c2ccc3cn[nH]c3c2)c1. The summed E-state index contributed by atoms with van der Waals surface area (Å²) in [7, 11) is 0. The van der Waals surface area contributed by atoms with E-state index in [-0.39, 0.29) is 5.56 Å². The quantitative estimate of drug-likeness (QED) is 0.539. The lowest BCUT2D eigenvalue weighted by molar-refractivity contribution is 0.786. The van der Waals surface area contributed by atoms with Crippen LogP contribution in [0.3, 0.4) is 0 Å². The highest BCUT2D eigenvalue weighted by Gasteiger charge is 2.07. The molecule has 0 saturated carbocycles. The van der Waals surface area contributed by atoms with E-state index in [4.69, 9.17) is 0 Å². The first-order chi connectivity index (χ1) is 13.3. The minimum absolute atomic E-state index is 0.127. The molecule has 0 aliphatic heterocycles. The molecule has 6 nitrogen and oxygen atoms in total. The molecule has 130 valence electrons. The molecule has 0 radical (unpaired) electrons. The lowest BCUT2D eigenvalue weighted by Gasteiger charge is -2.11. The molecule has 3 aromatic heterocycles. The number of rotatable bonds is 3. The number of nitrogens with zero attached hydrogens (tertiary/aromatic N) is 4. The lowest BCUT2D eigenvalue weighted by Crippen LogP contribution is -2.21. The highest BCUT2D eigenvalue weighted by molar-refractivity contribution is 5.83. The molecule has 6 heteroatoms. The minimum atomic E-state index is -0.127. The monoisotopic (exact) mass is 353 g/mol. The van der Waals surface area contributed by atoms with Gasteiger partial charge in [-0.25, -0.2) is 4.98 Å². The molecule has 0 aliphatic carbocycles. The van der Waals surface area contributed by atoms with Crippen molar-refractivity contribution in [1.29, 1.82) is 0 Å². The maximum Gasteiger partial charge on any atom is 0.269 e. The van der Waals surface area contributed by atoms with Crippen LogP contribution >= 0.6 is 0 Å². The van der Waals surface area contributed by atoms with E-state index in [1.807, 2.05) is 24.4 Å². The van der Waals surface area contributed by atoms with Crippen LogP contribution in [-0.4, -0.2) is 24.7 Å². The summed E-state index contributed by atoms with van der Waals surface area (Å²) < 4.78 is 1.72. The number of fused-ring (bicyclic) bond motifs is 2. The van der Waals surface area contributed by atoms with Gasteiger partial charge in [-0.3, -0.25) is 14.9 Å².